The molecule has 0 unspecified atom stereocenters. The van der Waals surface area contributed by atoms with Crippen LogP contribution in [0.4, 0.5) is 0 Å². The summed E-state index contributed by atoms with van der Waals surface area (Å²) in [6.07, 6.45) is 37.3. The molecule has 92 heavy (non-hydrogen) atoms. The Morgan fingerprint density at radius 3 is 1.01 bits per heavy atom. The van der Waals surface area contributed by atoms with Gasteiger partial charge in [0.25, 0.3) is 11.1 Å². The van der Waals surface area contributed by atoms with Crippen molar-refractivity contribution in [2.75, 3.05) is 0 Å². The molecular formula is C72H72N16O2S2. The van der Waals surface area contributed by atoms with Crippen molar-refractivity contribution in [3.05, 3.63) is 201 Å². The van der Waals surface area contributed by atoms with E-state index in [0.29, 0.717) is 34.2 Å². The fraction of sp³-hybridized carbons (Fsp3) is 0.333. The first kappa shape index (κ1) is 61.5. The van der Waals surface area contributed by atoms with E-state index in [1.807, 2.05) is 125 Å². The average Bonchev–Trinajstić information content (AvgIpc) is 0.929. The van der Waals surface area contributed by atoms with Crippen molar-refractivity contribution in [1.29, 1.82) is 0 Å². The molecule has 0 bridgehead atoms. The highest BCUT2D eigenvalue weighted by Gasteiger charge is 2.26. The fourth-order valence-corrected chi connectivity index (χ4v) is 14.1. The molecule has 12 aromatic rings. The average molecular weight is 1260 g/mol. The van der Waals surface area contributed by atoms with Crippen LogP contribution in [0.15, 0.2) is 180 Å². The Morgan fingerprint density at radius 1 is 0.272 bits per heavy atom. The Balaban J connectivity index is 0.000000112. The molecule has 12 heterocycles. The first-order valence-electron chi connectivity index (χ1n) is 32.5. The zero-order chi connectivity index (χ0) is 62.6. The quantitative estimate of drug-likeness (QED) is 0.130. The standard InChI is InChI=1S/2C18H18N4O.2C18H18N4S/c23-18-14-9-6-12-20-16(14)17(15-10-4-5-11-19-15)21-22(18)13-7-2-1-3-8-13;23-18-17-14(9-6-12-20-17)16(15-10-4-5-11-19-15)21-22(18)13-7-2-1-3-8-13;23-18-14-9-6-12-20-16(14)17(15-10-4-5-11-19-15)21-22(18)13-7-2-1-3-8-13;23-18-17-14(9-6-12-20-17)16(15-10-4-5-11-19-15)21-22(18)13-7-2-1-3-8-13/h4*4-6,9-13H,1-3,7-8H2. The molecule has 12 aromatic heterocycles. The lowest BCUT2D eigenvalue weighted by atomic mass is 9.95. The Hall–Kier alpha value is -9.40. The zero-order valence-electron chi connectivity index (χ0n) is 51.4. The maximum atomic E-state index is 12.9. The number of nitrogens with zero attached hydrogens (tertiary/aromatic N) is 16. The number of hydrogen-bond donors (Lipinski definition) is 0. The smallest absolute Gasteiger partial charge is 0.267 e. The van der Waals surface area contributed by atoms with Gasteiger partial charge in [0.15, 0.2) is 0 Å². The van der Waals surface area contributed by atoms with Gasteiger partial charge in [-0.2, -0.15) is 20.4 Å². The Morgan fingerprint density at radius 2 is 0.576 bits per heavy atom. The topological polar surface area (TPSA) is 209 Å². The highest BCUT2D eigenvalue weighted by Crippen LogP contribution is 2.35. The molecule has 0 atom stereocenters. The van der Waals surface area contributed by atoms with E-state index in [2.05, 4.69) is 45.0 Å². The van der Waals surface area contributed by atoms with Gasteiger partial charge in [-0.05, 0) is 148 Å². The summed E-state index contributed by atoms with van der Waals surface area (Å²) in [6.45, 7) is 0. The second-order valence-electron chi connectivity index (χ2n) is 24.0. The summed E-state index contributed by atoms with van der Waals surface area (Å²) in [7, 11) is 0. The van der Waals surface area contributed by atoms with Crippen molar-refractivity contribution in [2.45, 2.75) is 153 Å². The summed E-state index contributed by atoms with van der Waals surface area (Å²) in [6, 6.07) is 39.6. The number of aromatic nitrogens is 16. The third-order valence-electron chi connectivity index (χ3n) is 18.0. The fourth-order valence-electron chi connectivity index (χ4n) is 13.4. The van der Waals surface area contributed by atoms with Crippen molar-refractivity contribution in [2.24, 2.45) is 0 Å². The summed E-state index contributed by atoms with van der Waals surface area (Å²) in [4.78, 5) is 61.2. The van der Waals surface area contributed by atoms with Crippen LogP contribution in [0, 0.1) is 9.28 Å². The maximum Gasteiger partial charge on any atom is 0.293 e. The zero-order valence-corrected chi connectivity index (χ0v) is 53.0. The van der Waals surface area contributed by atoms with Gasteiger partial charge in [0, 0.05) is 65.7 Å². The van der Waals surface area contributed by atoms with Crippen LogP contribution < -0.4 is 11.1 Å². The van der Waals surface area contributed by atoms with E-state index in [1.165, 1.54) is 51.4 Å². The van der Waals surface area contributed by atoms with Gasteiger partial charge in [0.2, 0.25) is 0 Å². The Bertz CT molecular complexity index is 4140. The van der Waals surface area contributed by atoms with Crippen molar-refractivity contribution >= 4 is 68.0 Å². The molecule has 464 valence electrons. The van der Waals surface area contributed by atoms with Crippen LogP contribution in [0.2, 0.25) is 0 Å². The normalized spacial score (nSPS) is 15.8. The largest absolute Gasteiger partial charge is 0.293 e. The van der Waals surface area contributed by atoms with Gasteiger partial charge in [0.1, 0.15) is 54.1 Å². The number of hydrogen-bond acceptors (Lipinski definition) is 16. The van der Waals surface area contributed by atoms with E-state index in [0.717, 1.165) is 153 Å². The van der Waals surface area contributed by atoms with Crippen molar-refractivity contribution in [3.63, 3.8) is 0 Å². The molecule has 20 heteroatoms. The first-order valence-corrected chi connectivity index (χ1v) is 33.4. The van der Waals surface area contributed by atoms with Gasteiger partial charge in [-0.15, -0.1) is 0 Å². The SMILES string of the molecule is O=c1c2cccnc2c(-c2ccccn2)nn1C1CCCCC1.O=c1c2ncccc2c(-c2ccccn2)nn1C1CCCCC1.S=c1c2cccnc2c(-c2ccccn2)nn1C1CCCCC1.S=c1c2ncccc2c(-c2ccccn2)nn1C1CCCCC1. The summed E-state index contributed by atoms with van der Waals surface area (Å²) in [5.74, 6) is 0. The minimum atomic E-state index is -0.0906. The van der Waals surface area contributed by atoms with Crippen LogP contribution in [-0.4, -0.2) is 79.0 Å². The van der Waals surface area contributed by atoms with Crippen molar-refractivity contribution < 1.29 is 0 Å². The molecule has 0 spiro atoms. The molecule has 0 saturated heterocycles. The van der Waals surface area contributed by atoms with Crippen LogP contribution in [0.3, 0.4) is 0 Å². The van der Waals surface area contributed by atoms with Gasteiger partial charge in [0.05, 0.1) is 52.3 Å². The molecule has 18 nitrogen and oxygen atoms in total. The summed E-state index contributed by atoms with van der Waals surface area (Å²) in [5, 5.41) is 22.5. The van der Waals surface area contributed by atoms with Crippen LogP contribution >= 0.6 is 24.4 Å². The lowest BCUT2D eigenvalue weighted by Gasteiger charge is -2.24. The molecule has 0 amide bonds. The number of fused-ring (bicyclic) bond motifs is 4. The predicted molar refractivity (Wildman–Crippen MR) is 366 cm³/mol. The molecule has 0 N–H and O–H groups in total. The van der Waals surface area contributed by atoms with E-state index in [1.54, 1.807) is 65.0 Å². The van der Waals surface area contributed by atoms with E-state index in [9.17, 15) is 9.59 Å². The molecule has 4 aliphatic rings. The minimum Gasteiger partial charge on any atom is -0.267 e. The molecular weight excluding hydrogens is 1190 g/mol. The first-order chi connectivity index (χ1) is 45.4. The number of rotatable bonds is 8. The summed E-state index contributed by atoms with van der Waals surface area (Å²) < 4.78 is 8.93. The van der Waals surface area contributed by atoms with Gasteiger partial charge < -0.3 is 0 Å². The second-order valence-corrected chi connectivity index (χ2v) is 24.8. The molecule has 0 aliphatic heterocycles. The van der Waals surface area contributed by atoms with E-state index in [-0.39, 0.29) is 23.2 Å². The molecule has 4 aliphatic carbocycles. The third kappa shape index (κ3) is 13.5. The van der Waals surface area contributed by atoms with E-state index in [4.69, 9.17) is 39.7 Å². The van der Waals surface area contributed by atoms with Gasteiger partial charge >= 0.3 is 0 Å². The molecule has 0 radical (unpaired) electrons. The van der Waals surface area contributed by atoms with Gasteiger partial charge in [-0.3, -0.25) is 54.1 Å². The predicted octanol–water partition coefficient (Wildman–Crippen LogP) is 16.2. The van der Waals surface area contributed by atoms with Crippen LogP contribution in [0.1, 0.15) is 153 Å². The van der Waals surface area contributed by atoms with Gasteiger partial charge in [-0.25, -0.2) is 14.0 Å². The number of pyridine rings is 8. The maximum absolute atomic E-state index is 12.9. The van der Waals surface area contributed by atoms with Gasteiger partial charge in [-0.1, -0.05) is 126 Å². The highest BCUT2D eigenvalue weighted by atomic mass is 32.1. The van der Waals surface area contributed by atoms with E-state index < -0.39 is 0 Å². The molecule has 4 fully saturated rings. The molecule has 0 aromatic carbocycles. The Kier molecular flexibility index (Phi) is 19.5. The van der Waals surface area contributed by atoms with Crippen LogP contribution in [0.5, 0.6) is 0 Å². The van der Waals surface area contributed by atoms with Crippen molar-refractivity contribution in [1.82, 2.24) is 79.0 Å². The van der Waals surface area contributed by atoms with Crippen LogP contribution in [0.25, 0.3) is 89.2 Å². The monoisotopic (exact) mass is 1260 g/mol. The van der Waals surface area contributed by atoms with E-state index >= 15 is 0 Å². The Labute approximate surface area is 543 Å². The second kappa shape index (κ2) is 29.3. The lowest BCUT2D eigenvalue weighted by molar-refractivity contribution is 0.320. The van der Waals surface area contributed by atoms with Crippen LogP contribution in [-0.2, 0) is 0 Å². The van der Waals surface area contributed by atoms with Crippen molar-refractivity contribution in [3.8, 4) is 45.6 Å². The highest BCUT2D eigenvalue weighted by molar-refractivity contribution is 7.71. The summed E-state index contributed by atoms with van der Waals surface area (Å²) in [5.41, 5.74) is 9.01. The molecule has 4 saturated carbocycles. The lowest BCUT2D eigenvalue weighted by Crippen LogP contribution is -2.30. The summed E-state index contributed by atoms with van der Waals surface area (Å²) >= 11 is 11.4. The minimum absolute atomic E-state index is 0.0420. The third-order valence-corrected chi connectivity index (χ3v) is 18.8. The molecule has 16 rings (SSSR count).